The largest absolute Gasteiger partial charge is 0.456 e. The lowest BCUT2D eigenvalue weighted by atomic mass is 9.98. The third-order valence-electron chi connectivity index (χ3n) is 9.66. The standard InChI is InChI=1S/C46H29NOS/c1-2-11-30(12-3-1)31-21-25-34(26-22-31)47(45-37-14-5-4-13-33(37)29-40-38-15-7-9-20-43(38)49-46(40)45)35-27-23-32(24-28-35)36-17-10-19-42-44(36)39-16-6-8-18-41(39)48-42/h1-29H. The molecule has 230 valence electrons. The minimum atomic E-state index is 0.908. The summed E-state index contributed by atoms with van der Waals surface area (Å²) in [5.41, 5.74) is 9.99. The van der Waals surface area contributed by atoms with Crippen molar-refractivity contribution in [1.29, 1.82) is 0 Å². The Labute approximate surface area is 287 Å². The lowest BCUT2D eigenvalue weighted by molar-refractivity contribution is 0.669. The van der Waals surface area contributed by atoms with Crippen LogP contribution in [0, 0.1) is 0 Å². The van der Waals surface area contributed by atoms with Crippen molar-refractivity contribution < 1.29 is 4.42 Å². The van der Waals surface area contributed by atoms with E-state index in [1.807, 2.05) is 23.5 Å². The Morgan fingerprint density at radius 2 is 1.04 bits per heavy atom. The van der Waals surface area contributed by atoms with Crippen molar-refractivity contribution in [3.05, 3.63) is 176 Å². The minimum Gasteiger partial charge on any atom is -0.456 e. The molecule has 8 aromatic carbocycles. The van der Waals surface area contributed by atoms with Gasteiger partial charge < -0.3 is 9.32 Å². The monoisotopic (exact) mass is 643 g/mol. The van der Waals surface area contributed by atoms with Gasteiger partial charge in [-0.3, -0.25) is 0 Å². The average Bonchev–Trinajstić information content (AvgIpc) is 3.74. The number of para-hydroxylation sites is 1. The number of anilines is 3. The average molecular weight is 644 g/mol. The number of benzene rings is 8. The van der Waals surface area contributed by atoms with Gasteiger partial charge in [-0.05, 0) is 76.2 Å². The molecule has 0 aliphatic carbocycles. The van der Waals surface area contributed by atoms with Crippen LogP contribution >= 0.6 is 11.3 Å². The second-order valence-electron chi connectivity index (χ2n) is 12.5. The molecule has 0 bridgehead atoms. The van der Waals surface area contributed by atoms with Crippen molar-refractivity contribution in [2.75, 3.05) is 4.90 Å². The van der Waals surface area contributed by atoms with E-state index in [1.54, 1.807) is 0 Å². The predicted molar refractivity (Wildman–Crippen MR) is 210 cm³/mol. The van der Waals surface area contributed by atoms with E-state index in [0.717, 1.165) is 38.9 Å². The van der Waals surface area contributed by atoms with E-state index in [0.29, 0.717) is 0 Å². The minimum absolute atomic E-state index is 0.908. The fourth-order valence-corrected chi connectivity index (χ4v) is 8.60. The molecule has 0 N–H and O–H groups in total. The molecule has 10 aromatic rings. The van der Waals surface area contributed by atoms with Crippen LogP contribution < -0.4 is 4.90 Å². The van der Waals surface area contributed by atoms with Crippen LogP contribution in [0.5, 0.6) is 0 Å². The smallest absolute Gasteiger partial charge is 0.136 e. The van der Waals surface area contributed by atoms with E-state index in [1.165, 1.54) is 53.3 Å². The first kappa shape index (κ1) is 27.9. The number of rotatable bonds is 5. The predicted octanol–water partition coefficient (Wildman–Crippen LogP) is 13.9. The molecule has 0 fully saturated rings. The van der Waals surface area contributed by atoms with E-state index < -0.39 is 0 Å². The van der Waals surface area contributed by atoms with Gasteiger partial charge in [0.05, 0.1) is 10.4 Å². The second-order valence-corrected chi connectivity index (χ2v) is 13.5. The van der Waals surface area contributed by atoms with E-state index in [4.69, 9.17) is 4.42 Å². The topological polar surface area (TPSA) is 16.4 Å². The molecule has 0 radical (unpaired) electrons. The molecule has 10 rings (SSSR count). The lowest BCUT2D eigenvalue weighted by Gasteiger charge is -2.28. The first-order valence-electron chi connectivity index (χ1n) is 16.6. The van der Waals surface area contributed by atoms with Crippen molar-refractivity contribution >= 4 is 81.3 Å². The fraction of sp³-hybridized carbons (Fsp3) is 0. The third kappa shape index (κ3) is 4.55. The third-order valence-corrected chi connectivity index (χ3v) is 10.9. The van der Waals surface area contributed by atoms with Crippen molar-refractivity contribution in [3.8, 4) is 22.3 Å². The van der Waals surface area contributed by atoms with Gasteiger partial charge in [-0.2, -0.15) is 0 Å². The number of hydrogen-bond donors (Lipinski definition) is 0. The van der Waals surface area contributed by atoms with E-state index in [2.05, 4.69) is 169 Å². The van der Waals surface area contributed by atoms with Gasteiger partial charge in [0.15, 0.2) is 0 Å². The molecule has 0 aliphatic rings. The summed E-state index contributed by atoms with van der Waals surface area (Å²) < 4.78 is 8.81. The van der Waals surface area contributed by atoms with Crippen LogP contribution in [0.2, 0.25) is 0 Å². The van der Waals surface area contributed by atoms with Crippen LogP contribution in [-0.2, 0) is 0 Å². The number of furan rings is 1. The summed E-state index contributed by atoms with van der Waals surface area (Å²) in [7, 11) is 0. The molecule has 0 saturated heterocycles. The Morgan fingerprint density at radius 3 is 1.84 bits per heavy atom. The summed E-state index contributed by atoms with van der Waals surface area (Å²) in [6, 6.07) is 63.2. The molecule has 0 spiro atoms. The van der Waals surface area contributed by atoms with Crippen molar-refractivity contribution in [2.24, 2.45) is 0 Å². The van der Waals surface area contributed by atoms with Crippen LogP contribution in [0.25, 0.3) is 75.1 Å². The van der Waals surface area contributed by atoms with Gasteiger partial charge in [0.2, 0.25) is 0 Å². The van der Waals surface area contributed by atoms with Gasteiger partial charge in [0.25, 0.3) is 0 Å². The summed E-state index contributed by atoms with van der Waals surface area (Å²) in [4.78, 5) is 2.45. The normalized spacial score (nSPS) is 11.7. The van der Waals surface area contributed by atoms with E-state index in [9.17, 15) is 0 Å². The van der Waals surface area contributed by atoms with Gasteiger partial charge in [-0.1, -0.05) is 127 Å². The molecule has 0 atom stereocenters. The molecule has 0 saturated carbocycles. The zero-order valence-electron chi connectivity index (χ0n) is 26.5. The highest BCUT2D eigenvalue weighted by Gasteiger charge is 2.22. The number of nitrogens with zero attached hydrogens (tertiary/aromatic N) is 1. The molecular formula is C46H29NOS. The fourth-order valence-electron chi connectivity index (χ4n) is 7.37. The maximum Gasteiger partial charge on any atom is 0.136 e. The van der Waals surface area contributed by atoms with Gasteiger partial charge in [-0.25, -0.2) is 0 Å². The molecule has 0 amide bonds. The highest BCUT2D eigenvalue weighted by Crippen LogP contribution is 2.49. The zero-order valence-corrected chi connectivity index (χ0v) is 27.3. The maximum atomic E-state index is 6.23. The Kier molecular flexibility index (Phi) is 6.39. The molecule has 2 heterocycles. The van der Waals surface area contributed by atoms with Crippen molar-refractivity contribution in [2.45, 2.75) is 0 Å². The second kappa shape index (κ2) is 11.2. The van der Waals surface area contributed by atoms with E-state index >= 15 is 0 Å². The summed E-state index contributed by atoms with van der Waals surface area (Å²) in [5, 5.41) is 7.34. The quantitative estimate of drug-likeness (QED) is 0.186. The Hall–Kier alpha value is -6.16. The maximum absolute atomic E-state index is 6.23. The van der Waals surface area contributed by atoms with E-state index in [-0.39, 0.29) is 0 Å². The summed E-state index contributed by atoms with van der Waals surface area (Å²) in [6.07, 6.45) is 0. The Bertz CT molecular complexity index is 2810. The van der Waals surface area contributed by atoms with Crippen LogP contribution in [0.15, 0.2) is 180 Å². The first-order chi connectivity index (χ1) is 24.3. The SMILES string of the molecule is c1ccc(-c2ccc(N(c3ccc(-c4cccc5oc6ccccc6c45)cc3)c3c4ccccc4cc4c3sc3ccccc34)cc2)cc1. The van der Waals surface area contributed by atoms with Crippen molar-refractivity contribution in [1.82, 2.24) is 0 Å². The van der Waals surface area contributed by atoms with Gasteiger partial charge >= 0.3 is 0 Å². The molecule has 2 aromatic heterocycles. The molecule has 0 aliphatic heterocycles. The van der Waals surface area contributed by atoms with Crippen LogP contribution in [-0.4, -0.2) is 0 Å². The molecule has 3 heteroatoms. The zero-order chi connectivity index (χ0) is 32.3. The molecule has 2 nitrogen and oxygen atoms in total. The highest BCUT2D eigenvalue weighted by molar-refractivity contribution is 7.26. The number of thiophene rings is 1. The van der Waals surface area contributed by atoms with Gasteiger partial charge in [0.1, 0.15) is 11.2 Å². The highest BCUT2D eigenvalue weighted by atomic mass is 32.1. The molecule has 0 unspecified atom stereocenters. The van der Waals surface area contributed by atoms with Crippen LogP contribution in [0.3, 0.4) is 0 Å². The number of fused-ring (bicyclic) bond motifs is 7. The van der Waals surface area contributed by atoms with Gasteiger partial charge in [-0.15, -0.1) is 11.3 Å². The lowest BCUT2D eigenvalue weighted by Crippen LogP contribution is -2.10. The Balaban J connectivity index is 1.20. The number of hydrogen-bond acceptors (Lipinski definition) is 3. The summed E-state index contributed by atoms with van der Waals surface area (Å²) in [6.45, 7) is 0. The summed E-state index contributed by atoms with van der Waals surface area (Å²) >= 11 is 1.87. The first-order valence-corrected chi connectivity index (χ1v) is 17.4. The van der Waals surface area contributed by atoms with Gasteiger partial charge in [0, 0.05) is 43.0 Å². The van der Waals surface area contributed by atoms with Crippen LogP contribution in [0.4, 0.5) is 17.1 Å². The summed E-state index contributed by atoms with van der Waals surface area (Å²) in [5.74, 6) is 0. The van der Waals surface area contributed by atoms with Crippen molar-refractivity contribution in [3.63, 3.8) is 0 Å². The van der Waals surface area contributed by atoms with Crippen LogP contribution in [0.1, 0.15) is 0 Å². The molecule has 49 heavy (non-hydrogen) atoms. The Morgan fingerprint density at radius 1 is 0.429 bits per heavy atom. The molecular weight excluding hydrogens is 615 g/mol.